The Labute approximate surface area is 148 Å². The molecule has 1 spiro atoms. The van der Waals surface area contributed by atoms with Gasteiger partial charge in [-0.25, -0.2) is 0 Å². The third-order valence-corrected chi connectivity index (χ3v) is 5.97. The fourth-order valence-corrected chi connectivity index (χ4v) is 4.49. The van der Waals surface area contributed by atoms with Gasteiger partial charge < -0.3 is 9.64 Å². The highest BCUT2D eigenvalue weighted by Gasteiger charge is 2.51. The van der Waals surface area contributed by atoms with Gasteiger partial charge in [-0.15, -0.1) is 0 Å². The maximum atomic E-state index is 13.0. The van der Waals surface area contributed by atoms with Crippen LogP contribution in [0.3, 0.4) is 0 Å². The van der Waals surface area contributed by atoms with Crippen LogP contribution in [0.25, 0.3) is 10.9 Å². The fourth-order valence-electron chi connectivity index (χ4n) is 4.49. The molecule has 6 nitrogen and oxygen atoms in total. The average Bonchev–Trinajstić information content (AvgIpc) is 2.92. The predicted octanol–water partition coefficient (Wildman–Crippen LogP) is 1.76. The summed E-state index contributed by atoms with van der Waals surface area (Å²) in [6.45, 7) is 3.46. The van der Waals surface area contributed by atoms with E-state index in [4.69, 9.17) is 4.74 Å². The number of piperidine rings is 1. The van der Waals surface area contributed by atoms with Crippen molar-refractivity contribution in [3.05, 3.63) is 30.0 Å². The number of rotatable bonds is 3. The summed E-state index contributed by atoms with van der Waals surface area (Å²) in [7, 11) is 5.84. The summed E-state index contributed by atoms with van der Waals surface area (Å²) in [5.41, 5.74) is 1.68. The molecule has 2 aliphatic rings. The van der Waals surface area contributed by atoms with Gasteiger partial charge in [0.25, 0.3) is 5.91 Å². The molecule has 6 heteroatoms. The van der Waals surface area contributed by atoms with Crippen molar-refractivity contribution in [1.29, 1.82) is 0 Å². The first-order chi connectivity index (χ1) is 12.0. The first-order valence-electron chi connectivity index (χ1n) is 8.95. The Kier molecular flexibility index (Phi) is 4.04. The lowest BCUT2D eigenvalue weighted by Gasteiger charge is -2.58. The van der Waals surface area contributed by atoms with E-state index < -0.39 is 0 Å². The number of benzene rings is 1. The maximum absolute atomic E-state index is 13.0. The number of nitrogens with zero attached hydrogens (tertiary/aromatic N) is 4. The first kappa shape index (κ1) is 16.5. The smallest absolute Gasteiger partial charge is 0.275 e. The monoisotopic (exact) mass is 342 g/mol. The van der Waals surface area contributed by atoms with E-state index in [2.05, 4.69) is 17.0 Å². The minimum absolute atomic E-state index is 0.0460. The van der Waals surface area contributed by atoms with Gasteiger partial charge in [-0.1, -0.05) is 18.2 Å². The normalized spacial score (nSPS) is 23.2. The summed E-state index contributed by atoms with van der Waals surface area (Å²) in [6.07, 6.45) is 2.27. The van der Waals surface area contributed by atoms with Gasteiger partial charge in [-0.05, 0) is 38.4 Å². The van der Waals surface area contributed by atoms with Crippen LogP contribution < -0.4 is 0 Å². The van der Waals surface area contributed by atoms with Gasteiger partial charge in [0.1, 0.15) is 0 Å². The molecule has 3 heterocycles. The van der Waals surface area contributed by atoms with Crippen LogP contribution in [0.2, 0.25) is 0 Å². The second-order valence-corrected chi connectivity index (χ2v) is 7.61. The highest BCUT2D eigenvalue weighted by molar-refractivity contribution is 6.05. The molecule has 0 bridgehead atoms. The standard InChI is InChI=1S/C19H26N4O2/c1-21-9-8-14(11-25-3)10-19(21)12-23(13-19)18(24)17-15-6-4-5-7-16(15)22(2)20-17/h4-7,14H,8-13H2,1-3H3. The molecule has 2 saturated heterocycles. The van der Waals surface area contributed by atoms with Crippen molar-refractivity contribution in [3.8, 4) is 0 Å². The Hall–Kier alpha value is -1.92. The third kappa shape index (κ3) is 2.64. The van der Waals surface area contributed by atoms with Gasteiger partial charge in [0, 0.05) is 39.2 Å². The van der Waals surface area contributed by atoms with Gasteiger partial charge in [-0.3, -0.25) is 14.4 Å². The number of likely N-dealkylation sites (N-methyl/N-ethyl adjacent to an activating group) is 1. The molecule has 25 heavy (non-hydrogen) atoms. The topological polar surface area (TPSA) is 50.6 Å². The number of fused-ring (bicyclic) bond motifs is 1. The fraction of sp³-hybridized carbons (Fsp3) is 0.579. The number of para-hydroxylation sites is 1. The zero-order chi connectivity index (χ0) is 17.6. The Morgan fingerprint density at radius 2 is 2.08 bits per heavy atom. The Morgan fingerprint density at radius 3 is 2.84 bits per heavy atom. The van der Waals surface area contributed by atoms with Crippen molar-refractivity contribution < 1.29 is 9.53 Å². The number of aromatic nitrogens is 2. The highest BCUT2D eigenvalue weighted by atomic mass is 16.5. The first-order valence-corrected chi connectivity index (χ1v) is 8.95. The maximum Gasteiger partial charge on any atom is 0.275 e. The lowest BCUT2D eigenvalue weighted by Crippen LogP contribution is -2.72. The minimum atomic E-state index is 0.0460. The van der Waals surface area contributed by atoms with E-state index in [0.717, 1.165) is 43.6 Å². The molecule has 0 saturated carbocycles. The minimum Gasteiger partial charge on any atom is -0.384 e. The molecular formula is C19H26N4O2. The molecule has 1 aromatic heterocycles. The Morgan fingerprint density at radius 1 is 1.32 bits per heavy atom. The van der Waals surface area contributed by atoms with Crippen LogP contribution in [0.4, 0.5) is 0 Å². The van der Waals surface area contributed by atoms with Gasteiger partial charge in [0.05, 0.1) is 11.1 Å². The number of likely N-dealkylation sites (tertiary alicyclic amines) is 2. The molecule has 0 aliphatic carbocycles. The Bertz CT molecular complexity index is 794. The van der Waals surface area contributed by atoms with Crippen LogP contribution in [-0.4, -0.2) is 71.4 Å². The number of ether oxygens (including phenoxy) is 1. The molecule has 134 valence electrons. The van der Waals surface area contributed by atoms with E-state index >= 15 is 0 Å². The summed E-state index contributed by atoms with van der Waals surface area (Å²) in [4.78, 5) is 17.4. The SMILES string of the molecule is COCC1CCN(C)C2(C1)CN(C(=O)c1nn(C)c3ccccc13)C2. The highest BCUT2D eigenvalue weighted by Crippen LogP contribution is 2.39. The summed E-state index contributed by atoms with van der Waals surface area (Å²) < 4.78 is 7.15. The van der Waals surface area contributed by atoms with Crippen LogP contribution in [0, 0.1) is 5.92 Å². The molecule has 2 aromatic rings. The largest absolute Gasteiger partial charge is 0.384 e. The van der Waals surface area contributed by atoms with E-state index in [1.807, 2.05) is 36.2 Å². The summed E-state index contributed by atoms with van der Waals surface area (Å²) in [5, 5.41) is 5.42. The molecule has 0 N–H and O–H groups in total. The number of hydrogen-bond acceptors (Lipinski definition) is 4. The van der Waals surface area contributed by atoms with E-state index in [9.17, 15) is 4.79 Å². The van der Waals surface area contributed by atoms with Crippen LogP contribution in [0.15, 0.2) is 24.3 Å². The lowest BCUT2D eigenvalue weighted by atomic mass is 9.75. The molecule has 1 atom stereocenters. The van der Waals surface area contributed by atoms with Crippen LogP contribution in [0.5, 0.6) is 0 Å². The van der Waals surface area contributed by atoms with Crippen molar-refractivity contribution in [1.82, 2.24) is 19.6 Å². The molecule has 0 radical (unpaired) electrons. The molecular weight excluding hydrogens is 316 g/mol. The van der Waals surface area contributed by atoms with Gasteiger partial charge in [0.15, 0.2) is 5.69 Å². The summed E-state index contributed by atoms with van der Waals surface area (Å²) in [6, 6.07) is 7.92. The van der Waals surface area contributed by atoms with Gasteiger partial charge in [-0.2, -0.15) is 5.10 Å². The summed E-state index contributed by atoms with van der Waals surface area (Å²) in [5.74, 6) is 0.638. The van der Waals surface area contributed by atoms with Crippen molar-refractivity contribution in [2.45, 2.75) is 18.4 Å². The second-order valence-electron chi connectivity index (χ2n) is 7.61. The number of hydrogen-bond donors (Lipinski definition) is 0. The van der Waals surface area contributed by atoms with E-state index in [-0.39, 0.29) is 11.4 Å². The zero-order valence-corrected chi connectivity index (χ0v) is 15.2. The van der Waals surface area contributed by atoms with Crippen LogP contribution in [-0.2, 0) is 11.8 Å². The molecule has 2 fully saturated rings. The number of carbonyl (C=O) groups is 1. The quantitative estimate of drug-likeness (QED) is 0.853. The van der Waals surface area contributed by atoms with Crippen LogP contribution in [0.1, 0.15) is 23.3 Å². The predicted molar refractivity (Wildman–Crippen MR) is 96.6 cm³/mol. The molecule has 1 aromatic carbocycles. The number of aryl methyl sites for hydroxylation is 1. The van der Waals surface area contributed by atoms with E-state index in [0.29, 0.717) is 11.6 Å². The van der Waals surface area contributed by atoms with Crippen LogP contribution >= 0.6 is 0 Å². The van der Waals surface area contributed by atoms with Gasteiger partial charge in [0.2, 0.25) is 0 Å². The molecule has 2 aliphatic heterocycles. The van der Waals surface area contributed by atoms with Crippen molar-refractivity contribution in [2.24, 2.45) is 13.0 Å². The van der Waals surface area contributed by atoms with Crippen molar-refractivity contribution in [3.63, 3.8) is 0 Å². The van der Waals surface area contributed by atoms with Crippen molar-refractivity contribution >= 4 is 16.8 Å². The number of carbonyl (C=O) groups excluding carboxylic acids is 1. The lowest BCUT2D eigenvalue weighted by molar-refractivity contribution is -0.0732. The molecule has 1 unspecified atom stereocenters. The second kappa shape index (κ2) is 6.11. The molecule has 4 rings (SSSR count). The Balaban J connectivity index is 1.52. The number of methoxy groups -OCH3 is 1. The number of amides is 1. The summed E-state index contributed by atoms with van der Waals surface area (Å²) >= 11 is 0. The van der Waals surface area contributed by atoms with E-state index in [1.165, 1.54) is 6.42 Å². The van der Waals surface area contributed by atoms with Gasteiger partial charge >= 0.3 is 0 Å². The average molecular weight is 342 g/mol. The van der Waals surface area contributed by atoms with Crippen molar-refractivity contribution in [2.75, 3.05) is 40.4 Å². The van der Waals surface area contributed by atoms with E-state index in [1.54, 1.807) is 11.8 Å². The zero-order valence-electron chi connectivity index (χ0n) is 15.2. The third-order valence-electron chi connectivity index (χ3n) is 5.97. The molecule has 1 amide bonds.